The lowest BCUT2D eigenvalue weighted by Gasteiger charge is -2.18. The predicted octanol–water partition coefficient (Wildman–Crippen LogP) is 7.77. The van der Waals surface area contributed by atoms with Crippen molar-refractivity contribution in [1.82, 2.24) is 4.98 Å². The van der Waals surface area contributed by atoms with Crippen LogP contribution in [0.5, 0.6) is 0 Å². The third-order valence-electron chi connectivity index (χ3n) is 6.32. The average molecular weight is 450 g/mol. The third kappa shape index (κ3) is 5.53. The lowest BCUT2D eigenvalue weighted by Crippen LogP contribution is -2.16. The van der Waals surface area contributed by atoms with Crippen LogP contribution in [0.15, 0.2) is 70.5 Å². The van der Waals surface area contributed by atoms with Gasteiger partial charge in [-0.25, -0.2) is 4.98 Å². The van der Waals surface area contributed by atoms with E-state index in [1.165, 1.54) is 28.5 Å². The zero-order chi connectivity index (χ0) is 23.1. The van der Waals surface area contributed by atoms with Crippen molar-refractivity contribution in [3.05, 3.63) is 71.0 Å². The number of carbonyl (C=O) groups excluding carboxylic acids is 1. The lowest BCUT2D eigenvalue weighted by atomic mass is 9.93. The van der Waals surface area contributed by atoms with Crippen molar-refractivity contribution in [1.29, 1.82) is 0 Å². The van der Waals surface area contributed by atoms with E-state index in [9.17, 15) is 4.79 Å². The van der Waals surface area contributed by atoms with Gasteiger partial charge in [-0.15, -0.1) is 0 Å². The maximum absolute atomic E-state index is 13.4. The van der Waals surface area contributed by atoms with E-state index in [0.29, 0.717) is 0 Å². The lowest BCUT2D eigenvalue weighted by molar-refractivity contribution is -0.114. The molecule has 0 saturated heterocycles. The largest absolute Gasteiger partial charge is 0.497 e. The summed E-state index contributed by atoms with van der Waals surface area (Å²) in [6, 6.07) is 14.5. The van der Waals surface area contributed by atoms with Crippen molar-refractivity contribution in [2.24, 2.45) is 5.41 Å². The molecular weight excluding hydrogens is 414 g/mol. The Kier molecular flexibility index (Phi) is 8.36. The van der Waals surface area contributed by atoms with Gasteiger partial charge in [0.25, 0.3) is 0 Å². The second kappa shape index (κ2) is 11.0. The standard InChI is InChI=1S/C28H35NO2S/c1-6-10-21-13-15-22(16-14-21)24-11-9-12-26(29-24)32-27(30)28(17-18-28)23(8-3)19-25(31-5)20(4)7-2/h9,11-16,19H,6-8,10,17-18H2,1-5H3/b23-19+,25-20+. The fourth-order valence-corrected chi connectivity index (χ4v) is 5.02. The Morgan fingerprint density at radius 1 is 1.09 bits per heavy atom. The Morgan fingerprint density at radius 3 is 2.38 bits per heavy atom. The molecule has 0 radical (unpaired) electrons. The summed E-state index contributed by atoms with van der Waals surface area (Å²) in [5.41, 5.74) is 5.33. The van der Waals surface area contributed by atoms with Crippen LogP contribution in [0.2, 0.25) is 0 Å². The minimum Gasteiger partial charge on any atom is -0.497 e. The van der Waals surface area contributed by atoms with Crippen LogP contribution in [0.4, 0.5) is 0 Å². The van der Waals surface area contributed by atoms with Crippen LogP contribution < -0.4 is 0 Å². The second-order valence-electron chi connectivity index (χ2n) is 8.51. The van der Waals surface area contributed by atoms with E-state index in [4.69, 9.17) is 9.72 Å². The summed E-state index contributed by atoms with van der Waals surface area (Å²) in [5, 5.41) is 0.956. The number of pyridine rings is 1. The molecule has 1 saturated carbocycles. The number of hydrogen-bond donors (Lipinski definition) is 0. The van der Waals surface area contributed by atoms with E-state index >= 15 is 0 Å². The number of benzene rings is 1. The van der Waals surface area contributed by atoms with Crippen molar-refractivity contribution in [3.8, 4) is 11.3 Å². The van der Waals surface area contributed by atoms with Gasteiger partial charge in [0.05, 0.1) is 18.2 Å². The van der Waals surface area contributed by atoms with Crippen molar-refractivity contribution in [2.45, 2.75) is 71.2 Å². The molecule has 3 rings (SSSR count). The zero-order valence-corrected chi connectivity index (χ0v) is 20.8. The number of carbonyl (C=O) groups is 1. The number of nitrogens with zero attached hydrogens (tertiary/aromatic N) is 1. The highest BCUT2D eigenvalue weighted by Gasteiger charge is 2.52. The molecule has 3 nitrogen and oxygen atoms in total. The Hall–Kier alpha value is -2.33. The number of hydrogen-bond acceptors (Lipinski definition) is 4. The van der Waals surface area contributed by atoms with Crippen LogP contribution in [-0.4, -0.2) is 17.2 Å². The number of rotatable bonds is 10. The molecule has 1 aliphatic carbocycles. The zero-order valence-electron chi connectivity index (χ0n) is 20.0. The first kappa shape index (κ1) is 24.3. The van der Waals surface area contributed by atoms with Crippen LogP contribution in [-0.2, 0) is 16.0 Å². The predicted molar refractivity (Wildman–Crippen MR) is 135 cm³/mol. The summed E-state index contributed by atoms with van der Waals surface area (Å²) >= 11 is 1.28. The van der Waals surface area contributed by atoms with E-state index in [-0.39, 0.29) is 10.5 Å². The van der Waals surface area contributed by atoms with Gasteiger partial charge in [-0.05, 0) is 80.1 Å². The Balaban J connectivity index is 1.80. The van der Waals surface area contributed by atoms with Crippen molar-refractivity contribution >= 4 is 16.9 Å². The Bertz CT molecular complexity index is 1000. The van der Waals surface area contributed by atoms with E-state index in [2.05, 4.69) is 58.0 Å². The summed E-state index contributed by atoms with van der Waals surface area (Å²) < 4.78 is 5.62. The monoisotopic (exact) mass is 449 g/mol. The third-order valence-corrected chi connectivity index (χ3v) is 7.33. The molecule has 0 bridgehead atoms. The number of allylic oxidation sites excluding steroid dienone is 3. The molecule has 170 valence electrons. The molecule has 4 heteroatoms. The van der Waals surface area contributed by atoms with E-state index in [1.807, 2.05) is 18.2 Å². The van der Waals surface area contributed by atoms with Crippen LogP contribution in [0, 0.1) is 5.41 Å². The molecule has 1 aromatic carbocycles. The fraction of sp³-hybridized carbons (Fsp3) is 0.429. The van der Waals surface area contributed by atoms with Crippen LogP contribution in [0.25, 0.3) is 11.3 Å². The molecule has 0 N–H and O–H groups in total. The normalized spacial score (nSPS) is 15.8. The van der Waals surface area contributed by atoms with E-state index in [0.717, 1.165) is 60.6 Å². The van der Waals surface area contributed by atoms with Gasteiger partial charge in [0.2, 0.25) is 5.12 Å². The molecule has 0 amide bonds. The quantitative estimate of drug-likeness (QED) is 0.211. The summed E-state index contributed by atoms with van der Waals surface area (Å²) in [6.07, 6.45) is 7.91. The van der Waals surface area contributed by atoms with E-state index < -0.39 is 0 Å². The molecule has 0 atom stereocenters. The molecule has 1 aromatic heterocycles. The van der Waals surface area contributed by atoms with Gasteiger partial charge in [-0.3, -0.25) is 4.79 Å². The molecule has 2 aromatic rings. The number of thioether (sulfide) groups is 1. The number of aromatic nitrogens is 1. The number of aryl methyl sites for hydroxylation is 1. The Labute approximate surface area is 197 Å². The maximum atomic E-state index is 13.4. The van der Waals surface area contributed by atoms with Gasteiger partial charge in [0, 0.05) is 5.56 Å². The highest BCUT2D eigenvalue weighted by molar-refractivity contribution is 8.13. The number of methoxy groups -OCH3 is 1. The molecule has 0 aliphatic heterocycles. The highest BCUT2D eigenvalue weighted by atomic mass is 32.2. The second-order valence-corrected chi connectivity index (χ2v) is 9.50. The van der Waals surface area contributed by atoms with Gasteiger partial charge >= 0.3 is 0 Å². The Morgan fingerprint density at radius 2 is 1.81 bits per heavy atom. The molecule has 0 unspecified atom stereocenters. The van der Waals surface area contributed by atoms with Gasteiger partial charge < -0.3 is 4.74 Å². The minimum absolute atomic E-state index is 0.193. The van der Waals surface area contributed by atoms with Gasteiger partial charge in [-0.1, -0.05) is 63.1 Å². The maximum Gasteiger partial charge on any atom is 0.205 e. The molecule has 1 aliphatic rings. The summed E-state index contributed by atoms with van der Waals surface area (Å²) in [5.74, 6) is 0.889. The van der Waals surface area contributed by atoms with Crippen molar-refractivity contribution < 1.29 is 9.53 Å². The smallest absolute Gasteiger partial charge is 0.205 e. The first-order valence-corrected chi connectivity index (χ1v) is 12.5. The summed E-state index contributed by atoms with van der Waals surface area (Å²) in [7, 11) is 1.71. The van der Waals surface area contributed by atoms with E-state index in [1.54, 1.807) is 7.11 Å². The first-order chi connectivity index (χ1) is 15.5. The molecule has 1 heterocycles. The minimum atomic E-state index is -0.378. The topological polar surface area (TPSA) is 39.2 Å². The van der Waals surface area contributed by atoms with Crippen LogP contribution in [0.3, 0.4) is 0 Å². The summed E-state index contributed by atoms with van der Waals surface area (Å²) in [4.78, 5) is 18.2. The van der Waals surface area contributed by atoms with Crippen molar-refractivity contribution in [3.63, 3.8) is 0 Å². The molecular formula is C28H35NO2S. The van der Waals surface area contributed by atoms with Crippen molar-refractivity contribution in [2.75, 3.05) is 7.11 Å². The number of ether oxygens (including phenoxy) is 1. The summed E-state index contributed by atoms with van der Waals surface area (Å²) in [6.45, 7) is 8.52. The fourth-order valence-electron chi connectivity index (χ4n) is 4.00. The molecule has 32 heavy (non-hydrogen) atoms. The van der Waals surface area contributed by atoms with Crippen LogP contribution >= 0.6 is 11.8 Å². The van der Waals surface area contributed by atoms with Gasteiger partial charge in [0.15, 0.2) is 0 Å². The first-order valence-electron chi connectivity index (χ1n) is 11.7. The highest BCUT2D eigenvalue weighted by Crippen LogP contribution is 2.56. The molecule has 1 fully saturated rings. The SMILES string of the molecule is CCCc1ccc(-c2cccc(SC(=O)C3(/C(=C/C(OC)=C(/C)CC)CC)CC3)n2)cc1. The van der Waals surface area contributed by atoms with Crippen LogP contribution in [0.1, 0.15) is 65.4 Å². The average Bonchev–Trinajstić information content (AvgIpc) is 3.62. The molecule has 0 spiro atoms. The van der Waals surface area contributed by atoms with Gasteiger partial charge in [-0.2, -0.15) is 0 Å². The van der Waals surface area contributed by atoms with Gasteiger partial charge in [0.1, 0.15) is 10.8 Å².